The first-order valence-corrected chi connectivity index (χ1v) is 9.65. The minimum atomic E-state index is 0.793. The van der Waals surface area contributed by atoms with Crippen LogP contribution in [0, 0.1) is 25.7 Å². The van der Waals surface area contributed by atoms with Crippen LogP contribution in [-0.4, -0.2) is 4.98 Å². The zero-order chi connectivity index (χ0) is 17.0. The van der Waals surface area contributed by atoms with Crippen LogP contribution in [0.4, 0.5) is 0 Å². The fraction of sp³-hybridized carbons (Fsp3) is 0.375. The number of hydrogen-bond acceptors (Lipinski definition) is 1. The molecule has 3 unspecified atom stereocenters. The van der Waals surface area contributed by atoms with Crippen LogP contribution in [0.3, 0.4) is 0 Å². The van der Waals surface area contributed by atoms with E-state index in [0.717, 1.165) is 23.4 Å². The molecular weight excluding hydrogens is 302 g/mol. The Balaban J connectivity index is 1.60. The van der Waals surface area contributed by atoms with E-state index < -0.39 is 0 Å². The van der Waals surface area contributed by atoms with Crippen LogP contribution in [0.2, 0.25) is 0 Å². The number of benzene rings is 2. The average molecular weight is 327 g/mol. The Morgan fingerprint density at radius 3 is 2.44 bits per heavy atom. The maximum atomic E-state index is 4.72. The van der Waals surface area contributed by atoms with Gasteiger partial charge >= 0.3 is 0 Å². The van der Waals surface area contributed by atoms with Gasteiger partial charge in [-0.2, -0.15) is 0 Å². The second-order valence-corrected chi connectivity index (χ2v) is 8.30. The molecule has 1 heteroatoms. The molecule has 1 aromatic heterocycles. The quantitative estimate of drug-likeness (QED) is 0.529. The van der Waals surface area contributed by atoms with Gasteiger partial charge in [0.05, 0.1) is 5.69 Å². The summed E-state index contributed by atoms with van der Waals surface area (Å²) < 4.78 is 0. The molecule has 0 N–H and O–H groups in total. The predicted octanol–water partition coefficient (Wildman–Crippen LogP) is 6.42. The molecule has 1 heterocycles. The SMILES string of the molecule is Cc1cc(C)cc(-c2nccc3cc(C4CC5CCC4C5)ccc23)c1. The first kappa shape index (κ1) is 15.1. The molecule has 3 atom stereocenters. The van der Waals surface area contributed by atoms with Crippen molar-refractivity contribution < 1.29 is 0 Å². The van der Waals surface area contributed by atoms with Gasteiger partial charge in [-0.05, 0) is 80.0 Å². The van der Waals surface area contributed by atoms with Crippen LogP contribution < -0.4 is 0 Å². The Morgan fingerprint density at radius 2 is 1.72 bits per heavy atom. The summed E-state index contributed by atoms with van der Waals surface area (Å²) in [6.45, 7) is 4.32. The van der Waals surface area contributed by atoms with Crippen molar-refractivity contribution in [2.75, 3.05) is 0 Å². The monoisotopic (exact) mass is 327 g/mol. The molecule has 1 nitrogen and oxygen atoms in total. The van der Waals surface area contributed by atoms with Crippen LogP contribution in [-0.2, 0) is 0 Å². The maximum Gasteiger partial charge on any atom is 0.0780 e. The van der Waals surface area contributed by atoms with Crippen LogP contribution in [0.15, 0.2) is 48.7 Å². The normalized spacial score (nSPS) is 25.0. The first-order valence-electron chi connectivity index (χ1n) is 9.65. The number of aromatic nitrogens is 1. The van der Waals surface area contributed by atoms with Crippen LogP contribution in [0.1, 0.15) is 48.3 Å². The van der Waals surface area contributed by atoms with E-state index in [9.17, 15) is 0 Å². The molecule has 0 radical (unpaired) electrons. The van der Waals surface area contributed by atoms with E-state index >= 15 is 0 Å². The number of rotatable bonds is 2. The summed E-state index contributed by atoms with van der Waals surface area (Å²) >= 11 is 0. The third-order valence-electron chi connectivity index (χ3n) is 6.45. The van der Waals surface area contributed by atoms with Crippen LogP contribution in [0.25, 0.3) is 22.0 Å². The molecule has 2 aliphatic carbocycles. The molecular formula is C24H25N. The van der Waals surface area contributed by atoms with E-state index in [-0.39, 0.29) is 0 Å². The van der Waals surface area contributed by atoms with Gasteiger partial charge in [-0.3, -0.25) is 4.98 Å². The average Bonchev–Trinajstić information content (AvgIpc) is 3.23. The van der Waals surface area contributed by atoms with Crippen molar-refractivity contribution in [2.45, 2.75) is 45.4 Å². The lowest BCUT2D eigenvalue weighted by Crippen LogP contribution is -2.08. The Kier molecular flexibility index (Phi) is 3.45. The third kappa shape index (κ3) is 2.57. The molecule has 25 heavy (non-hydrogen) atoms. The molecule has 0 aliphatic heterocycles. The minimum absolute atomic E-state index is 0.793. The zero-order valence-corrected chi connectivity index (χ0v) is 15.1. The highest BCUT2D eigenvalue weighted by atomic mass is 14.7. The summed E-state index contributed by atoms with van der Waals surface area (Å²) in [6, 6.07) is 16.0. The highest BCUT2D eigenvalue weighted by molar-refractivity contribution is 5.95. The van der Waals surface area contributed by atoms with Crippen molar-refractivity contribution in [2.24, 2.45) is 11.8 Å². The molecule has 2 saturated carbocycles. The zero-order valence-electron chi connectivity index (χ0n) is 15.1. The second kappa shape index (κ2) is 5.69. The molecule has 0 amide bonds. The van der Waals surface area contributed by atoms with Gasteiger partial charge in [0.2, 0.25) is 0 Å². The largest absolute Gasteiger partial charge is 0.256 e. The standard InChI is InChI=1S/C24H25N/c1-15-9-16(2)11-21(10-15)24-22-6-5-19(14-20(22)7-8-25-24)23-13-17-3-4-18(23)12-17/h5-11,14,17-18,23H,3-4,12-13H2,1-2H3. The Labute approximate surface area is 150 Å². The number of pyridine rings is 1. The van der Waals surface area contributed by atoms with E-state index in [4.69, 9.17) is 4.98 Å². The molecule has 3 aromatic rings. The van der Waals surface area contributed by atoms with Gasteiger partial charge in [0.25, 0.3) is 0 Å². The van der Waals surface area contributed by atoms with Gasteiger partial charge in [-0.15, -0.1) is 0 Å². The highest BCUT2D eigenvalue weighted by Gasteiger charge is 2.40. The van der Waals surface area contributed by atoms with Gasteiger partial charge in [0.15, 0.2) is 0 Å². The van der Waals surface area contributed by atoms with Crippen LogP contribution >= 0.6 is 0 Å². The molecule has 2 bridgehead atoms. The van der Waals surface area contributed by atoms with Crippen molar-refractivity contribution in [3.63, 3.8) is 0 Å². The lowest BCUT2D eigenvalue weighted by molar-refractivity contribution is 0.420. The molecule has 2 fully saturated rings. The van der Waals surface area contributed by atoms with Crippen molar-refractivity contribution in [1.29, 1.82) is 0 Å². The maximum absolute atomic E-state index is 4.72. The van der Waals surface area contributed by atoms with Crippen molar-refractivity contribution in [3.05, 3.63) is 65.4 Å². The fourth-order valence-electron chi connectivity index (χ4n) is 5.42. The summed E-state index contributed by atoms with van der Waals surface area (Å²) in [5.41, 5.74) is 6.50. The number of hydrogen-bond donors (Lipinski definition) is 0. The van der Waals surface area contributed by atoms with Crippen LogP contribution in [0.5, 0.6) is 0 Å². The van der Waals surface area contributed by atoms with Gasteiger partial charge in [-0.1, -0.05) is 41.8 Å². The molecule has 126 valence electrons. The van der Waals surface area contributed by atoms with E-state index in [2.05, 4.69) is 56.3 Å². The van der Waals surface area contributed by atoms with Gasteiger partial charge in [-0.25, -0.2) is 0 Å². The molecule has 0 spiro atoms. The Morgan fingerprint density at radius 1 is 0.880 bits per heavy atom. The number of aryl methyl sites for hydroxylation is 2. The summed E-state index contributed by atoms with van der Waals surface area (Å²) in [6.07, 6.45) is 7.75. The predicted molar refractivity (Wildman–Crippen MR) is 105 cm³/mol. The molecule has 0 saturated heterocycles. The summed E-state index contributed by atoms with van der Waals surface area (Å²) in [5, 5.41) is 2.61. The van der Waals surface area contributed by atoms with Gasteiger partial charge in [0, 0.05) is 17.1 Å². The summed E-state index contributed by atoms with van der Waals surface area (Å²) in [7, 11) is 0. The van der Waals surface area contributed by atoms with Gasteiger partial charge in [0.1, 0.15) is 0 Å². The minimum Gasteiger partial charge on any atom is -0.256 e. The summed E-state index contributed by atoms with van der Waals surface area (Å²) in [4.78, 5) is 4.72. The topological polar surface area (TPSA) is 12.9 Å². The van der Waals surface area contributed by atoms with Crippen molar-refractivity contribution in [3.8, 4) is 11.3 Å². The highest BCUT2D eigenvalue weighted by Crippen LogP contribution is 2.53. The van der Waals surface area contributed by atoms with Crippen molar-refractivity contribution in [1.82, 2.24) is 4.98 Å². The van der Waals surface area contributed by atoms with E-state index in [1.54, 1.807) is 5.56 Å². The fourth-order valence-corrected chi connectivity index (χ4v) is 5.42. The smallest absolute Gasteiger partial charge is 0.0780 e. The lowest BCUT2D eigenvalue weighted by Gasteiger charge is -2.22. The van der Waals surface area contributed by atoms with Crippen molar-refractivity contribution >= 4 is 10.8 Å². The first-order chi connectivity index (χ1) is 12.2. The third-order valence-corrected chi connectivity index (χ3v) is 6.45. The molecule has 2 aromatic carbocycles. The van der Waals surface area contributed by atoms with E-state index in [1.165, 1.54) is 53.1 Å². The van der Waals surface area contributed by atoms with Gasteiger partial charge < -0.3 is 0 Å². The second-order valence-electron chi connectivity index (χ2n) is 8.30. The molecule has 2 aliphatic rings. The Bertz CT molecular complexity index is 935. The number of fused-ring (bicyclic) bond motifs is 3. The number of nitrogens with zero attached hydrogens (tertiary/aromatic N) is 1. The Hall–Kier alpha value is -2.15. The lowest BCUT2D eigenvalue weighted by atomic mass is 9.83. The van der Waals surface area contributed by atoms with E-state index in [1.807, 2.05) is 6.20 Å². The molecule has 5 rings (SSSR count). The van der Waals surface area contributed by atoms with E-state index in [0.29, 0.717) is 0 Å². The summed E-state index contributed by atoms with van der Waals surface area (Å²) in [5.74, 6) is 2.72.